The molecule has 9 nitrogen and oxygen atoms in total. The van der Waals surface area contributed by atoms with Crippen molar-refractivity contribution in [2.45, 2.75) is 18.9 Å². The Kier molecular flexibility index (Phi) is 4.11. The van der Waals surface area contributed by atoms with Gasteiger partial charge in [0.15, 0.2) is 0 Å². The van der Waals surface area contributed by atoms with Gasteiger partial charge in [0, 0.05) is 0 Å². The molecule has 1 aromatic rings. The number of imide groups is 1. The van der Waals surface area contributed by atoms with E-state index >= 15 is 0 Å². The Labute approximate surface area is 131 Å². The number of benzene rings is 1. The molecule has 2 amide bonds. The number of carbonyl (C=O) groups excluding carboxylic acids is 2. The van der Waals surface area contributed by atoms with Crippen LogP contribution in [0.2, 0.25) is 0 Å². The molecule has 1 aromatic carbocycles. The Bertz CT molecular complexity index is 627. The second-order valence-corrected chi connectivity index (χ2v) is 5.32. The summed E-state index contributed by atoms with van der Waals surface area (Å²) in [6.45, 7) is -0.121. The van der Waals surface area contributed by atoms with Crippen LogP contribution >= 0.6 is 0 Å². The third kappa shape index (κ3) is 2.70. The van der Waals surface area contributed by atoms with Crippen LogP contribution in [-0.2, 0) is 4.84 Å². The Balaban J connectivity index is 1.62. The summed E-state index contributed by atoms with van der Waals surface area (Å²) in [5.41, 5.74) is 0.611. The van der Waals surface area contributed by atoms with Crippen molar-refractivity contribution in [3.8, 4) is 0 Å². The molecule has 2 aliphatic heterocycles. The Hall–Kier alpha value is -2.68. The van der Waals surface area contributed by atoms with Gasteiger partial charge in [-0.15, -0.1) is 5.01 Å². The van der Waals surface area contributed by atoms with E-state index in [1.807, 2.05) is 0 Å². The SMILES string of the molecule is O=C1c2ccccc2C(=O)N1CO/N=[N+](\[O-])N1CCCC1CO. The molecule has 0 aromatic heterocycles. The van der Waals surface area contributed by atoms with Gasteiger partial charge in [-0.05, 0) is 25.0 Å². The zero-order chi connectivity index (χ0) is 16.4. The van der Waals surface area contributed by atoms with Gasteiger partial charge in [-0.2, -0.15) is 0 Å². The largest absolute Gasteiger partial charge is 0.569 e. The molecule has 2 heterocycles. The molecule has 1 fully saturated rings. The van der Waals surface area contributed by atoms with Gasteiger partial charge < -0.3 is 15.2 Å². The van der Waals surface area contributed by atoms with Crippen LogP contribution in [0, 0.1) is 5.21 Å². The Morgan fingerprint density at radius 2 is 1.96 bits per heavy atom. The fourth-order valence-electron chi connectivity index (χ4n) is 2.77. The minimum atomic E-state index is -0.479. The third-order valence-electron chi connectivity index (χ3n) is 3.97. The van der Waals surface area contributed by atoms with E-state index in [-0.39, 0.29) is 17.6 Å². The van der Waals surface area contributed by atoms with Gasteiger partial charge in [-0.3, -0.25) is 9.59 Å². The summed E-state index contributed by atoms with van der Waals surface area (Å²) < 4.78 is 0. The predicted octanol–water partition coefficient (Wildman–Crippen LogP) is 0.506. The molecule has 1 atom stereocenters. The van der Waals surface area contributed by atoms with E-state index in [0.717, 1.165) is 11.3 Å². The van der Waals surface area contributed by atoms with Gasteiger partial charge in [0.1, 0.15) is 6.04 Å². The molecule has 9 heteroatoms. The van der Waals surface area contributed by atoms with Gasteiger partial charge in [0.05, 0.1) is 29.2 Å². The lowest BCUT2D eigenvalue weighted by molar-refractivity contribution is -0.715. The maximum Gasteiger partial charge on any atom is 0.264 e. The molecule has 0 bridgehead atoms. The van der Waals surface area contributed by atoms with Crippen molar-refractivity contribution < 1.29 is 24.5 Å². The quantitative estimate of drug-likeness (QED) is 0.366. The predicted molar refractivity (Wildman–Crippen MR) is 75.8 cm³/mol. The number of aliphatic hydroxyl groups excluding tert-OH is 1. The highest BCUT2D eigenvalue weighted by Crippen LogP contribution is 2.22. The van der Waals surface area contributed by atoms with Crippen LogP contribution in [0.15, 0.2) is 29.5 Å². The first kappa shape index (κ1) is 15.2. The molecular weight excluding hydrogens is 304 g/mol. The van der Waals surface area contributed by atoms with Crippen LogP contribution in [0.4, 0.5) is 0 Å². The van der Waals surface area contributed by atoms with Crippen molar-refractivity contribution in [2.24, 2.45) is 5.28 Å². The zero-order valence-corrected chi connectivity index (χ0v) is 12.3. The number of rotatable bonds is 5. The van der Waals surface area contributed by atoms with Gasteiger partial charge in [0.25, 0.3) is 11.8 Å². The van der Waals surface area contributed by atoms with Gasteiger partial charge >= 0.3 is 0 Å². The van der Waals surface area contributed by atoms with Crippen LogP contribution in [0.3, 0.4) is 0 Å². The van der Waals surface area contributed by atoms with Crippen molar-refractivity contribution >= 4 is 11.8 Å². The molecule has 2 aliphatic rings. The maximum absolute atomic E-state index is 12.1. The fraction of sp³-hybridized carbons (Fsp3) is 0.429. The average molecular weight is 320 g/mol. The summed E-state index contributed by atoms with van der Waals surface area (Å²) in [6, 6.07) is 6.16. The molecule has 3 rings (SSSR count). The zero-order valence-electron chi connectivity index (χ0n) is 12.3. The van der Waals surface area contributed by atoms with Crippen molar-refractivity contribution in [3.63, 3.8) is 0 Å². The lowest BCUT2D eigenvalue weighted by Crippen LogP contribution is -2.38. The van der Waals surface area contributed by atoms with Gasteiger partial charge in [-0.1, -0.05) is 12.1 Å². The number of fused-ring (bicyclic) bond motifs is 1. The average Bonchev–Trinajstić information content (AvgIpc) is 3.14. The lowest BCUT2D eigenvalue weighted by Gasteiger charge is -2.18. The molecule has 0 saturated carbocycles. The highest BCUT2D eigenvalue weighted by atomic mass is 16.7. The number of nitrogens with zero attached hydrogens (tertiary/aromatic N) is 4. The number of hydrazine groups is 1. The summed E-state index contributed by atoms with van der Waals surface area (Å²) in [6.07, 6.45) is 1.47. The third-order valence-corrected chi connectivity index (χ3v) is 3.97. The van der Waals surface area contributed by atoms with E-state index in [2.05, 4.69) is 5.28 Å². The van der Waals surface area contributed by atoms with Crippen LogP contribution in [0.1, 0.15) is 33.6 Å². The van der Waals surface area contributed by atoms with E-state index in [4.69, 9.17) is 9.94 Å². The van der Waals surface area contributed by atoms with Crippen LogP contribution in [-0.4, -0.2) is 57.7 Å². The molecule has 0 spiro atoms. The maximum atomic E-state index is 12.1. The molecule has 0 aliphatic carbocycles. The fourth-order valence-corrected chi connectivity index (χ4v) is 2.77. The smallest absolute Gasteiger partial charge is 0.264 e. The standard InChI is InChI=1S/C14H16N4O5/c19-8-10-4-3-7-17(10)18(22)15-23-9-16-13(20)11-5-1-2-6-12(11)14(16)21/h1-2,5-6,10,19H,3-4,7-9H2/b18-15-. The molecular formula is C14H16N4O5. The number of amides is 2. The first-order chi connectivity index (χ1) is 11.1. The van der Waals surface area contributed by atoms with Crippen molar-refractivity contribution in [1.29, 1.82) is 0 Å². The first-order valence-electron chi connectivity index (χ1n) is 7.26. The Morgan fingerprint density at radius 3 is 2.57 bits per heavy atom. The number of hydrogen-bond acceptors (Lipinski definition) is 6. The number of aliphatic hydroxyl groups is 1. The van der Waals surface area contributed by atoms with Gasteiger partial charge in [-0.25, -0.2) is 4.90 Å². The van der Waals surface area contributed by atoms with E-state index in [9.17, 15) is 14.8 Å². The van der Waals surface area contributed by atoms with Crippen LogP contribution in [0.25, 0.3) is 0 Å². The molecule has 1 N–H and O–H groups in total. The van der Waals surface area contributed by atoms with E-state index in [1.165, 1.54) is 5.01 Å². The monoisotopic (exact) mass is 320 g/mol. The highest BCUT2D eigenvalue weighted by molar-refractivity contribution is 6.21. The minimum absolute atomic E-state index is 0.146. The molecule has 1 saturated heterocycles. The Morgan fingerprint density at radius 1 is 1.30 bits per heavy atom. The summed E-state index contributed by atoms with van der Waals surface area (Å²) in [7, 11) is 0. The normalized spacial score (nSPS) is 21.1. The molecule has 1 unspecified atom stereocenters. The number of hydrogen-bond donors (Lipinski definition) is 1. The molecule has 122 valence electrons. The molecule has 23 heavy (non-hydrogen) atoms. The minimum Gasteiger partial charge on any atom is -0.569 e. The topological polar surface area (TPSA) is 109 Å². The summed E-state index contributed by atoms with van der Waals surface area (Å²) in [5.74, 6) is -0.958. The molecule has 0 radical (unpaired) electrons. The number of carbonyl (C=O) groups is 2. The van der Waals surface area contributed by atoms with Crippen molar-refractivity contribution in [2.75, 3.05) is 19.9 Å². The van der Waals surface area contributed by atoms with E-state index in [0.29, 0.717) is 24.1 Å². The van der Waals surface area contributed by atoms with Crippen LogP contribution in [0.5, 0.6) is 0 Å². The summed E-state index contributed by atoms with van der Waals surface area (Å²) in [5, 5.41) is 25.7. The summed E-state index contributed by atoms with van der Waals surface area (Å²) >= 11 is 0. The van der Waals surface area contributed by atoms with Crippen molar-refractivity contribution in [3.05, 3.63) is 40.6 Å². The second kappa shape index (κ2) is 6.21. The van der Waals surface area contributed by atoms with Gasteiger partial charge in [0.2, 0.25) is 12.0 Å². The lowest BCUT2D eigenvalue weighted by atomic mass is 10.1. The van der Waals surface area contributed by atoms with Crippen molar-refractivity contribution in [1.82, 2.24) is 9.91 Å². The summed E-state index contributed by atoms with van der Waals surface area (Å²) in [4.78, 5) is 30.2. The first-order valence-corrected chi connectivity index (χ1v) is 7.26. The van der Waals surface area contributed by atoms with E-state index < -0.39 is 18.5 Å². The second-order valence-electron chi connectivity index (χ2n) is 5.32. The highest BCUT2D eigenvalue weighted by Gasteiger charge is 2.36. The van der Waals surface area contributed by atoms with E-state index in [1.54, 1.807) is 24.3 Å². The van der Waals surface area contributed by atoms with Crippen LogP contribution < -0.4 is 0 Å².